The second-order valence-corrected chi connectivity index (χ2v) is 6.51. The first-order valence-corrected chi connectivity index (χ1v) is 8.48. The number of hydrogen-bond acceptors (Lipinski definition) is 4. The average molecular weight is 345 g/mol. The molecule has 1 aromatic carbocycles. The maximum atomic E-state index is 12.2. The van der Waals surface area contributed by atoms with Crippen molar-refractivity contribution in [3.05, 3.63) is 46.8 Å². The molecule has 0 radical (unpaired) electrons. The number of carbonyl (C=O) groups is 1. The van der Waals surface area contributed by atoms with Gasteiger partial charge in [-0.05, 0) is 45.4 Å². The van der Waals surface area contributed by atoms with E-state index >= 15 is 0 Å². The average Bonchev–Trinajstić information content (AvgIpc) is 2.79. The van der Waals surface area contributed by atoms with Gasteiger partial charge in [0, 0.05) is 24.8 Å². The van der Waals surface area contributed by atoms with E-state index in [0.29, 0.717) is 0 Å². The Labute approximate surface area is 148 Å². The lowest BCUT2D eigenvalue weighted by molar-refractivity contribution is -0.120. The van der Waals surface area contributed by atoms with Crippen LogP contribution in [0.25, 0.3) is 0 Å². The van der Waals surface area contributed by atoms with Gasteiger partial charge in [0.1, 0.15) is 5.75 Å². The van der Waals surface area contributed by atoms with Gasteiger partial charge in [-0.2, -0.15) is 5.10 Å². The van der Waals surface area contributed by atoms with Gasteiger partial charge in [0.15, 0.2) is 0 Å². The van der Waals surface area contributed by atoms with Crippen molar-refractivity contribution >= 4 is 5.91 Å². The van der Waals surface area contributed by atoms with Gasteiger partial charge < -0.3 is 15.2 Å². The molecule has 0 bridgehead atoms. The standard InChI is InChI=1S/C19H27N3O3/c1-12(2)25-16-8-6-15(7-9-16)18(23)11-20-19(24)10-17-13(3)21-22(5)14(17)4/h6-9,12,18,23H,10-11H2,1-5H3,(H,20,24). The molecule has 1 atom stereocenters. The van der Waals surface area contributed by atoms with Gasteiger partial charge in [0.2, 0.25) is 5.91 Å². The third-order valence-electron chi connectivity index (χ3n) is 4.13. The van der Waals surface area contributed by atoms with Gasteiger partial charge >= 0.3 is 0 Å². The van der Waals surface area contributed by atoms with Gasteiger partial charge in [-0.25, -0.2) is 0 Å². The lowest BCUT2D eigenvalue weighted by Crippen LogP contribution is -2.30. The smallest absolute Gasteiger partial charge is 0.224 e. The van der Waals surface area contributed by atoms with Crippen molar-refractivity contribution in [1.82, 2.24) is 15.1 Å². The van der Waals surface area contributed by atoms with Crippen molar-refractivity contribution < 1.29 is 14.6 Å². The molecule has 1 heterocycles. The third kappa shape index (κ3) is 5.06. The second kappa shape index (κ2) is 8.16. The summed E-state index contributed by atoms with van der Waals surface area (Å²) in [6.45, 7) is 7.93. The molecule has 25 heavy (non-hydrogen) atoms. The molecule has 2 rings (SSSR count). The van der Waals surface area contributed by atoms with Crippen LogP contribution in [0, 0.1) is 13.8 Å². The Morgan fingerprint density at radius 2 is 1.92 bits per heavy atom. The third-order valence-corrected chi connectivity index (χ3v) is 4.13. The predicted molar refractivity (Wildman–Crippen MR) is 96.6 cm³/mol. The maximum absolute atomic E-state index is 12.2. The minimum Gasteiger partial charge on any atom is -0.491 e. The zero-order valence-electron chi connectivity index (χ0n) is 15.5. The summed E-state index contributed by atoms with van der Waals surface area (Å²) < 4.78 is 7.35. The molecule has 0 spiro atoms. The molecule has 1 amide bonds. The highest BCUT2D eigenvalue weighted by molar-refractivity contribution is 5.79. The zero-order valence-corrected chi connectivity index (χ0v) is 15.5. The summed E-state index contributed by atoms with van der Waals surface area (Å²) in [6, 6.07) is 7.26. The Morgan fingerprint density at radius 1 is 1.28 bits per heavy atom. The number of aliphatic hydroxyl groups is 1. The van der Waals surface area contributed by atoms with E-state index in [1.165, 1.54) is 0 Å². The SMILES string of the molecule is Cc1nn(C)c(C)c1CC(=O)NCC(O)c1ccc(OC(C)C)cc1. The fourth-order valence-corrected chi connectivity index (χ4v) is 2.67. The van der Waals surface area contributed by atoms with E-state index in [0.717, 1.165) is 28.3 Å². The van der Waals surface area contributed by atoms with E-state index in [2.05, 4.69) is 10.4 Å². The first-order valence-electron chi connectivity index (χ1n) is 8.48. The number of benzene rings is 1. The van der Waals surface area contributed by atoms with Crippen LogP contribution in [-0.4, -0.2) is 33.4 Å². The van der Waals surface area contributed by atoms with Crippen LogP contribution in [0.5, 0.6) is 5.75 Å². The van der Waals surface area contributed by atoms with Crippen molar-refractivity contribution in [3.63, 3.8) is 0 Å². The molecule has 2 aromatic rings. The summed E-state index contributed by atoms with van der Waals surface area (Å²) in [5, 5.41) is 17.3. The first kappa shape index (κ1) is 19.0. The Kier molecular flexibility index (Phi) is 6.20. The van der Waals surface area contributed by atoms with Crippen LogP contribution >= 0.6 is 0 Å². The van der Waals surface area contributed by atoms with E-state index in [9.17, 15) is 9.90 Å². The largest absolute Gasteiger partial charge is 0.491 e. The number of ether oxygens (including phenoxy) is 1. The molecular weight excluding hydrogens is 318 g/mol. The first-order chi connectivity index (χ1) is 11.8. The van der Waals surface area contributed by atoms with Crippen LogP contribution in [0.3, 0.4) is 0 Å². The Balaban J connectivity index is 1.88. The summed E-state index contributed by atoms with van der Waals surface area (Å²) in [5.41, 5.74) is 3.51. The minimum atomic E-state index is -0.756. The predicted octanol–water partition coefficient (Wildman–Crippen LogP) is 2.22. The van der Waals surface area contributed by atoms with E-state index in [4.69, 9.17) is 4.74 Å². The Morgan fingerprint density at radius 3 is 2.44 bits per heavy atom. The van der Waals surface area contributed by atoms with Crippen molar-refractivity contribution in [2.45, 2.75) is 46.3 Å². The van der Waals surface area contributed by atoms with Gasteiger partial charge in [-0.15, -0.1) is 0 Å². The molecule has 6 heteroatoms. The molecule has 2 N–H and O–H groups in total. The minimum absolute atomic E-state index is 0.106. The van der Waals surface area contributed by atoms with Gasteiger partial charge in [-0.1, -0.05) is 12.1 Å². The van der Waals surface area contributed by atoms with Crippen molar-refractivity contribution in [2.75, 3.05) is 6.54 Å². The number of amides is 1. The Hall–Kier alpha value is -2.34. The van der Waals surface area contributed by atoms with Gasteiger partial charge in [0.05, 0.1) is 24.3 Å². The number of carbonyl (C=O) groups excluding carboxylic acids is 1. The van der Waals surface area contributed by atoms with Crippen LogP contribution in [0.1, 0.15) is 42.5 Å². The topological polar surface area (TPSA) is 76.4 Å². The number of nitrogens with one attached hydrogen (secondary N) is 1. The van der Waals surface area contributed by atoms with Crippen molar-refractivity contribution in [2.24, 2.45) is 7.05 Å². The molecule has 1 unspecified atom stereocenters. The highest BCUT2D eigenvalue weighted by atomic mass is 16.5. The lowest BCUT2D eigenvalue weighted by Gasteiger charge is -2.14. The summed E-state index contributed by atoms with van der Waals surface area (Å²) in [4.78, 5) is 12.2. The maximum Gasteiger partial charge on any atom is 0.224 e. The summed E-state index contributed by atoms with van der Waals surface area (Å²) >= 11 is 0. The van der Waals surface area contributed by atoms with E-state index in [-0.39, 0.29) is 25.0 Å². The quantitative estimate of drug-likeness (QED) is 0.807. The lowest BCUT2D eigenvalue weighted by atomic mass is 10.1. The fraction of sp³-hybridized carbons (Fsp3) is 0.474. The molecule has 0 aliphatic carbocycles. The van der Waals surface area contributed by atoms with Crippen molar-refractivity contribution in [3.8, 4) is 5.75 Å². The van der Waals surface area contributed by atoms with Gasteiger partial charge in [0.25, 0.3) is 0 Å². The Bertz CT molecular complexity index is 720. The summed E-state index contributed by atoms with van der Waals surface area (Å²) in [6.07, 6.45) is -0.387. The molecule has 0 aliphatic rings. The summed E-state index contributed by atoms with van der Waals surface area (Å²) in [7, 11) is 1.86. The highest BCUT2D eigenvalue weighted by Crippen LogP contribution is 2.18. The summed E-state index contributed by atoms with van der Waals surface area (Å²) in [5.74, 6) is 0.635. The van der Waals surface area contributed by atoms with Crippen LogP contribution in [-0.2, 0) is 18.3 Å². The molecular formula is C19H27N3O3. The van der Waals surface area contributed by atoms with E-state index < -0.39 is 6.10 Å². The molecule has 0 fully saturated rings. The molecule has 1 aromatic heterocycles. The van der Waals surface area contributed by atoms with Crippen LogP contribution in [0.15, 0.2) is 24.3 Å². The normalized spacial score (nSPS) is 12.3. The van der Waals surface area contributed by atoms with Crippen molar-refractivity contribution in [1.29, 1.82) is 0 Å². The number of aryl methyl sites for hydroxylation is 2. The fourth-order valence-electron chi connectivity index (χ4n) is 2.67. The van der Waals surface area contributed by atoms with Crippen LogP contribution in [0.2, 0.25) is 0 Å². The van der Waals surface area contributed by atoms with Crippen LogP contribution in [0.4, 0.5) is 0 Å². The number of nitrogens with zero attached hydrogens (tertiary/aromatic N) is 2. The number of aromatic nitrogens is 2. The molecule has 0 saturated heterocycles. The van der Waals surface area contributed by atoms with E-state index in [1.54, 1.807) is 4.68 Å². The molecule has 0 aliphatic heterocycles. The highest BCUT2D eigenvalue weighted by Gasteiger charge is 2.15. The molecule has 6 nitrogen and oxygen atoms in total. The van der Waals surface area contributed by atoms with Gasteiger partial charge in [-0.3, -0.25) is 9.48 Å². The van der Waals surface area contributed by atoms with Crippen LogP contribution < -0.4 is 10.1 Å². The number of aliphatic hydroxyl groups excluding tert-OH is 1. The van der Waals surface area contributed by atoms with E-state index in [1.807, 2.05) is 59.0 Å². The zero-order chi connectivity index (χ0) is 18.6. The second-order valence-electron chi connectivity index (χ2n) is 6.51. The monoisotopic (exact) mass is 345 g/mol. The number of rotatable bonds is 7. The number of hydrogen-bond donors (Lipinski definition) is 2. The molecule has 0 saturated carbocycles. The molecule has 136 valence electrons.